The summed E-state index contributed by atoms with van der Waals surface area (Å²) in [6.45, 7) is 3.79. The maximum Gasteiger partial charge on any atom is 0.336 e. The van der Waals surface area contributed by atoms with Crippen LogP contribution >= 0.6 is 0 Å². The molecule has 1 N–H and O–H groups in total. The predicted molar refractivity (Wildman–Crippen MR) is 112 cm³/mol. The summed E-state index contributed by atoms with van der Waals surface area (Å²) in [5, 5.41) is 3.37. The zero-order valence-electron chi connectivity index (χ0n) is 17.3. The van der Waals surface area contributed by atoms with Crippen molar-refractivity contribution >= 4 is 22.8 Å². The molecule has 0 radical (unpaired) electrons. The molecule has 0 aliphatic rings. The number of ether oxygens (including phenoxy) is 2. The number of hydrogen-bond donors (Lipinski definition) is 1. The van der Waals surface area contributed by atoms with Crippen molar-refractivity contribution in [2.45, 2.75) is 26.3 Å². The van der Waals surface area contributed by atoms with Gasteiger partial charge in [0.05, 0.1) is 14.2 Å². The predicted octanol–water partition coefficient (Wildman–Crippen LogP) is 2.93. The molecule has 0 spiro atoms. The van der Waals surface area contributed by atoms with Gasteiger partial charge in [0.25, 0.3) is 5.91 Å². The Morgan fingerprint density at radius 2 is 1.73 bits per heavy atom. The van der Waals surface area contributed by atoms with Gasteiger partial charge in [0, 0.05) is 29.5 Å². The minimum atomic E-state index is -0.976. The second-order valence-corrected chi connectivity index (χ2v) is 7.08. The van der Waals surface area contributed by atoms with E-state index in [0.717, 1.165) is 11.1 Å². The Bertz CT molecular complexity index is 1140. The van der Waals surface area contributed by atoms with E-state index in [2.05, 4.69) is 5.32 Å². The molecule has 7 heteroatoms. The SMILES string of the molecule is COC(=O)[C@@H](Cc1cc(=O)oc2cc(OC)ccc12)NC(=O)c1cc(C)cc(C)c1. The number of methoxy groups -OCH3 is 2. The van der Waals surface area contributed by atoms with E-state index in [0.29, 0.717) is 27.8 Å². The van der Waals surface area contributed by atoms with Crippen LogP contribution in [0, 0.1) is 13.8 Å². The van der Waals surface area contributed by atoms with Crippen LogP contribution in [-0.2, 0) is 16.0 Å². The van der Waals surface area contributed by atoms with Crippen LogP contribution in [0.15, 0.2) is 51.7 Å². The molecule has 156 valence electrons. The Morgan fingerprint density at radius 1 is 1.03 bits per heavy atom. The van der Waals surface area contributed by atoms with Gasteiger partial charge in [0.1, 0.15) is 17.4 Å². The molecule has 0 saturated heterocycles. The number of carbonyl (C=O) groups excluding carboxylic acids is 2. The van der Waals surface area contributed by atoms with Crippen molar-refractivity contribution in [1.82, 2.24) is 5.32 Å². The summed E-state index contributed by atoms with van der Waals surface area (Å²) in [6, 6.07) is 10.9. The lowest BCUT2D eigenvalue weighted by Crippen LogP contribution is -2.43. The van der Waals surface area contributed by atoms with Gasteiger partial charge in [-0.2, -0.15) is 0 Å². The Labute approximate surface area is 173 Å². The molecule has 1 heterocycles. The number of nitrogens with one attached hydrogen (secondary N) is 1. The molecule has 0 saturated carbocycles. The van der Waals surface area contributed by atoms with Crippen molar-refractivity contribution in [2.75, 3.05) is 14.2 Å². The molecule has 0 fully saturated rings. The molecule has 3 rings (SSSR count). The lowest BCUT2D eigenvalue weighted by atomic mass is 10.0. The van der Waals surface area contributed by atoms with E-state index in [1.54, 1.807) is 30.3 Å². The van der Waals surface area contributed by atoms with Gasteiger partial charge in [-0.15, -0.1) is 0 Å². The average molecular weight is 409 g/mol. The lowest BCUT2D eigenvalue weighted by molar-refractivity contribution is -0.142. The highest BCUT2D eigenvalue weighted by Gasteiger charge is 2.24. The van der Waals surface area contributed by atoms with Gasteiger partial charge >= 0.3 is 11.6 Å². The van der Waals surface area contributed by atoms with Gasteiger partial charge in [-0.05, 0) is 43.7 Å². The lowest BCUT2D eigenvalue weighted by Gasteiger charge is -2.18. The fourth-order valence-electron chi connectivity index (χ4n) is 3.41. The van der Waals surface area contributed by atoms with Gasteiger partial charge in [-0.3, -0.25) is 4.79 Å². The first-order valence-corrected chi connectivity index (χ1v) is 9.38. The van der Waals surface area contributed by atoms with E-state index < -0.39 is 23.5 Å². The third-order valence-corrected chi connectivity index (χ3v) is 4.74. The van der Waals surface area contributed by atoms with Crippen molar-refractivity contribution < 1.29 is 23.5 Å². The summed E-state index contributed by atoms with van der Waals surface area (Å²) in [5.74, 6) is -0.468. The van der Waals surface area contributed by atoms with Crippen LogP contribution in [-0.4, -0.2) is 32.1 Å². The zero-order chi connectivity index (χ0) is 21.8. The average Bonchev–Trinajstić information content (AvgIpc) is 2.71. The number of amides is 1. The Balaban J connectivity index is 1.95. The Morgan fingerprint density at radius 3 is 2.37 bits per heavy atom. The quantitative estimate of drug-likeness (QED) is 0.497. The van der Waals surface area contributed by atoms with Gasteiger partial charge in [-0.1, -0.05) is 17.2 Å². The number of esters is 1. The molecular weight excluding hydrogens is 386 g/mol. The molecule has 30 heavy (non-hydrogen) atoms. The first-order valence-electron chi connectivity index (χ1n) is 9.38. The summed E-state index contributed by atoms with van der Waals surface area (Å²) in [6.07, 6.45) is 0.0671. The topological polar surface area (TPSA) is 94.8 Å². The number of benzene rings is 2. The molecule has 3 aromatic rings. The van der Waals surface area contributed by atoms with Crippen LogP contribution in [0.5, 0.6) is 5.75 Å². The molecule has 7 nitrogen and oxygen atoms in total. The van der Waals surface area contributed by atoms with Crippen molar-refractivity contribution in [3.63, 3.8) is 0 Å². The molecule has 2 aromatic carbocycles. The molecule has 1 amide bonds. The standard InChI is InChI=1S/C23H23NO6/c1-13-7-14(2)9-16(8-13)22(26)24-19(23(27)29-4)10-15-11-21(25)30-20-12-17(28-3)5-6-18(15)20/h5-9,11-12,19H,10H2,1-4H3,(H,24,26)/t19-/m1/s1. The third kappa shape index (κ3) is 4.68. The normalized spacial score (nSPS) is 11.7. The van der Waals surface area contributed by atoms with Crippen molar-refractivity contribution in [1.29, 1.82) is 0 Å². The van der Waals surface area contributed by atoms with Crippen LogP contribution in [0.1, 0.15) is 27.0 Å². The largest absolute Gasteiger partial charge is 0.497 e. The molecular formula is C23H23NO6. The molecule has 1 aromatic heterocycles. The van der Waals surface area contributed by atoms with Crippen LogP contribution in [0.25, 0.3) is 11.0 Å². The van der Waals surface area contributed by atoms with Gasteiger partial charge in [0.2, 0.25) is 0 Å². The zero-order valence-corrected chi connectivity index (χ0v) is 17.3. The number of rotatable bonds is 6. The summed E-state index contributed by atoms with van der Waals surface area (Å²) in [4.78, 5) is 37.2. The second kappa shape index (κ2) is 8.82. The molecule has 0 unspecified atom stereocenters. The minimum Gasteiger partial charge on any atom is -0.497 e. The highest BCUT2D eigenvalue weighted by atomic mass is 16.5. The number of hydrogen-bond acceptors (Lipinski definition) is 6. The summed E-state index contributed by atoms with van der Waals surface area (Å²) < 4.78 is 15.3. The van der Waals surface area contributed by atoms with E-state index >= 15 is 0 Å². The number of carbonyl (C=O) groups is 2. The first-order chi connectivity index (χ1) is 14.3. The van der Waals surface area contributed by atoms with E-state index in [1.165, 1.54) is 20.3 Å². The third-order valence-electron chi connectivity index (χ3n) is 4.74. The smallest absolute Gasteiger partial charge is 0.336 e. The number of fused-ring (bicyclic) bond motifs is 1. The van der Waals surface area contributed by atoms with Crippen molar-refractivity contribution in [3.05, 3.63) is 75.1 Å². The van der Waals surface area contributed by atoms with Crippen molar-refractivity contribution in [3.8, 4) is 5.75 Å². The van der Waals surface area contributed by atoms with Gasteiger partial charge in [0.15, 0.2) is 0 Å². The highest BCUT2D eigenvalue weighted by Crippen LogP contribution is 2.23. The maximum atomic E-state index is 12.8. The minimum absolute atomic E-state index is 0.0671. The van der Waals surface area contributed by atoms with E-state index in [1.807, 2.05) is 19.9 Å². The summed E-state index contributed by atoms with van der Waals surface area (Å²) in [7, 11) is 2.76. The van der Waals surface area contributed by atoms with Crippen LogP contribution < -0.4 is 15.7 Å². The van der Waals surface area contributed by atoms with Gasteiger partial charge in [-0.25, -0.2) is 9.59 Å². The maximum absolute atomic E-state index is 12.8. The number of aryl methyl sites for hydroxylation is 2. The van der Waals surface area contributed by atoms with Crippen LogP contribution in [0.3, 0.4) is 0 Å². The Kier molecular flexibility index (Phi) is 6.20. The fraction of sp³-hybridized carbons (Fsp3) is 0.261. The van der Waals surface area contributed by atoms with Crippen LogP contribution in [0.4, 0.5) is 0 Å². The van der Waals surface area contributed by atoms with E-state index in [-0.39, 0.29) is 6.42 Å². The molecule has 1 atom stereocenters. The van der Waals surface area contributed by atoms with Crippen molar-refractivity contribution in [2.24, 2.45) is 0 Å². The fourth-order valence-corrected chi connectivity index (χ4v) is 3.41. The summed E-state index contributed by atoms with van der Waals surface area (Å²) >= 11 is 0. The molecule has 0 aliphatic heterocycles. The monoisotopic (exact) mass is 409 g/mol. The first kappa shape index (κ1) is 21.1. The Hall–Kier alpha value is -3.61. The highest BCUT2D eigenvalue weighted by molar-refractivity contribution is 5.97. The van der Waals surface area contributed by atoms with Crippen LogP contribution in [0.2, 0.25) is 0 Å². The van der Waals surface area contributed by atoms with E-state index in [4.69, 9.17) is 13.9 Å². The molecule has 0 bridgehead atoms. The van der Waals surface area contributed by atoms with E-state index in [9.17, 15) is 14.4 Å². The summed E-state index contributed by atoms with van der Waals surface area (Å²) in [5.41, 5.74) is 2.66. The molecule has 0 aliphatic carbocycles. The second-order valence-electron chi connectivity index (χ2n) is 7.08. The van der Waals surface area contributed by atoms with Gasteiger partial charge < -0.3 is 19.2 Å².